The van der Waals surface area contributed by atoms with E-state index in [0.717, 1.165) is 5.56 Å². The number of aryl methyl sites for hydroxylation is 1. The first-order valence-electron chi connectivity index (χ1n) is 6.22. The van der Waals surface area contributed by atoms with Crippen molar-refractivity contribution in [2.75, 3.05) is 20.8 Å². The number of carbonyl (C=O) groups is 1. The highest BCUT2D eigenvalue weighted by Crippen LogP contribution is 2.27. The Morgan fingerprint density at radius 2 is 2.00 bits per heavy atom. The van der Waals surface area contributed by atoms with E-state index in [1.165, 1.54) is 0 Å². The summed E-state index contributed by atoms with van der Waals surface area (Å²) in [6.07, 6.45) is 0.471. The maximum absolute atomic E-state index is 11.5. The van der Waals surface area contributed by atoms with Gasteiger partial charge in [-0.2, -0.15) is 0 Å². The molecular formula is C14H21NO4. The van der Waals surface area contributed by atoms with Crippen molar-refractivity contribution in [3.8, 4) is 11.5 Å². The molecule has 0 saturated carbocycles. The van der Waals surface area contributed by atoms with Gasteiger partial charge in [-0.15, -0.1) is 0 Å². The van der Waals surface area contributed by atoms with Crippen molar-refractivity contribution in [3.63, 3.8) is 0 Å². The monoisotopic (exact) mass is 267 g/mol. The first-order chi connectivity index (χ1) is 9.06. The lowest BCUT2D eigenvalue weighted by atomic mass is 10.1. The topological polar surface area (TPSA) is 67.8 Å². The number of carbonyl (C=O) groups excluding carboxylic acids is 1. The lowest BCUT2D eigenvalue weighted by molar-refractivity contribution is -0.121. The van der Waals surface area contributed by atoms with E-state index in [4.69, 9.17) is 14.6 Å². The third-order valence-corrected chi connectivity index (χ3v) is 2.68. The lowest BCUT2D eigenvalue weighted by Gasteiger charge is -2.10. The quantitative estimate of drug-likeness (QED) is 0.777. The minimum absolute atomic E-state index is 0.0734. The second-order valence-corrected chi connectivity index (χ2v) is 4.34. The van der Waals surface area contributed by atoms with Crippen molar-refractivity contribution in [2.45, 2.75) is 25.9 Å². The van der Waals surface area contributed by atoms with Crippen molar-refractivity contribution in [2.24, 2.45) is 0 Å². The number of hydrogen-bond acceptors (Lipinski definition) is 4. The largest absolute Gasteiger partial charge is 0.493 e. The van der Waals surface area contributed by atoms with E-state index in [0.29, 0.717) is 24.3 Å². The van der Waals surface area contributed by atoms with Crippen LogP contribution < -0.4 is 14.8 Å². The van der Waals surface area contributed by atoms with E-state index < -0.39 is 6.10 Å². The number of aliphatic hydroxyl groups excluding tert-OH is 1. The second kappa shape index (κ2) is 7.63. The Morgan fingerprint density at radius 1 is 1.32 bits per heavy atom. The Hall–Kier alpha value is -1.75. The Kier molecular flexibility index (Phi) is 6.15. The van der Waals surface area contributed by atoms with Crippen LogP contribution in [-0.4, -0.2) is 37.9 Å². The first kappa shape index (κ1) is 15.3. The number of ether oxygens (including phenoxy) is 2. The molecule has 0 aliphatic rings. The zero-order chi connectivity index (χ0) is 14.3. The van der Waals surface area contributed by atoms with Gasteiger partial charge in [0, 0.05) is 13.0 Å². The fraction of sp³-hybridized carbons (Fsp3) is 0.500. The Labute approximate surface area is 113 Å². The van der Waals surface area contributed by atoms with Crippen molar-refractivity contribution in [1.29, 1.82) is 0 Å². The van der Waals surface area contributed by atoms with Crippen molar-refractivity contribution >= 4 is 5.91 Å². The summed E-state index contributed by atoms with van der Waals surface area (Å²) in [6.45, 7) is 1.92. The van der Waals surface area contributed by atoms with Gasteiger partial charge in [0.1, 0.15) is 0 Å². The van der Waals surface area contributed by atoms with Crippen LogP contribution in [0.2, 0.25) is 0 Å². The predicted molar refractivity (Wildman–Crippen MR) is 72.6 cm³/mol. The molecule has 106 valence electrons. The van der Waals surface area contributed by atoms with Gasteiger partial charge < -0.3 is 19.9 Å². The van der Waals surface area contributed by atoms with Crippen LogP contribution in [0.1, 0.15) is 18.9 Å². The number of hydrogen-bond donors (Lipinski definition) is 2. The summed E-state index contributed by atoms with van der Waals surface area (Å²) < 4.78 is 10.4. The average Bonchev–Trinajstić information content (AvgIpc) is 2.42. The summed E-state index contributed by atoms with van der Waals surface area (Å²) in [4.78, 5) is 11.5. The van der Waals surface area contributed by atoms with E-state index in [-0.39, 0.29) is 12.5 Å². The Balaban J connectivity index is 2.51. The number of rotatable bonds is 7. The van der Waals surface area contributed by atoms with Crippen LogP contribution in [0.5, 0.6) is 11.5 Å². The van der Waals surface area contributed by atoms with Crippen LogP contribution in [0.3, 0.4) is 0 Å². The van der Waals surface area contributed by atoms with Crippen LogP contribution in [0.15, 0.2) is 18.2 Å². The van der Waals surface area contributed by atoms with Crippen molar-refractivity contribution in [1.82, 2.24) is 5.32 Å². The molecule has 0 aliphatic carbocycles. The number of nitrogens with one attached hydrogen (secondary N) is 1. The number of aliphatic hydroxyl groups is 1. The number of benzene rings is 1. The van der Waals surface area contributed by atoms with E-state index >= 15 is 0 Å². The second-order valence-electron chi connectivity index (χ2n) is 4.34. The molecule has 1 rings (SSSR count). The molecule has 0 spiro atoms. The lowest BCUT2D eigenvalue weighted by Crippen LogP contribution is -2.30. The SMILES string of the molecule is COc1ccc(CCC(=O)NCC(C)O)cc1OC. The first-order valence-corrected chi connectivity index (χ1v) is 6.22. The van der Waals surface area contributed by atoms with Crippen LogP contribution in [0, 0.1) is 0 Å². The summed E-state index contributed by atoms with van der Waals surface area (Å²) in [6, 6.07) is 5.59. The van der Waals surface area contributed by atoms with Gasteiger partial charge in [-0.3, -0.25) is 4.79 Å². The van der Waals surface area contributed by atoms with Gasteiger partial charge in [0.2, 0.25) is 5.91 Å². The van der Waals surface area contributed by atoms with E-state index in [1.54, 1.807) is 21.1 Å². The van der Waals surface area contributed by atoms with E-state index in [9.17, 15) is 4.79 Å². The summed E-state index contributed by atoms with van der Waals surface area (Å²) in [7, 11) is 3.16. The smallest absolute Gasteiger partial charge is 0.220 e. The molecule has 5 heteroatoms. The molecule has 1 unspecified atom stereocenters. The van der Waals surface area contributed by atoms with Gasteiger partial charge in [0.05, 0.1) is 20.3 Å². The molecule has 2 N–H and O–H groups in total. The van der Waals surface area contributed by atoms with Gasteiger partial charge >= 0.3 is 0 Å². The molecule has 1 aromatic carbocycles. The Morgan fingerprint density at radius 3 is 2.58 bits per heavy atom. The molecule has 0 fully saturated rings. The molecular weight excluding hydrogens is 246 g/mol. The highest BCUT2D eigenvalue weighted by atomic mass is 16.5. The molecule has 1 amide bonds. The van der Waals surface area contributed by atoms with Gasteiger partial charge in [0.15, 0.2) is 11.5 Å². The average molecular weight is 267 g/mol. The fourth-order valence-corrected chi connectivity index (χ4v) is 1.64. The van der Waals surface area contributed by atoms with E-state index in [1.807, 2.05) is 18.2 Å². The number of methoxy groups -OCH3 is 2. The molecule has 0 saturated heterocycles. The van der Waals surface area contributed by atoms with Gasteiger partial charge in [-0.1, -0.05) is 6.07 Å². The maximum Gasteiger partial charge on any atom is 0.220 e. The molecule has 1 aromatic rings. The molecule has 1 atom stereocenters. The summed E-state index contributed by atoms with van der Waals surface area (Å²) in [5, 5.41) is 11.7. The van der Waals surface area contributed by atoms with Gasteiger partial charge in [0.25, 0.3) is 0 Å². The molecule has 0 heterocycles. The highest BCUT2D eigenvalue weighted by molar-refractivity contribution is 5.76. The molecule has 0 aliphatic heterocycles. The fourth-order valence-electron chi connectivity index (χ4n) is 1.64. The molecule has 5 nitrogen and oxygen atoms in total. The summed E-state index contributed by atoms with van der Waals surface area (Å²) >= 11 is 0. The summed E-state index contributed by atoms with van der Waals surface area (Å²) in [5.41, 5.74) is 1.00. The van der Waals surface area contributed by atoms with Crippen LogP contribution in [0.25, 0.3) is 0 Å². The normalized spacial score (nSPS) is 11.8. The highest BCUT2D eigenvalue weighted by Gasteiger charge is 2.07. The van der Waals surface area contributed by atoms with E-state index in [2.05, 4.69) is 5.32 Å². The van der Waals surface area contributed by atoms with Crippen molar-refractivity contribution < 1.29 is 19.4 Å². The molecule has 19 heavy (non-hydrogen) atoms. The minimum atomic E-state index is -0.523. The van der Waals surface area contributed by atoms with Crippen LogP contribution >= 0.6 is 0 Å². The number of amides is 1. The predicted octanol–water partition coefficient (Wildman–Crippen LogP) is 1.13. The zero-order valence-corrected chi connectivity index (χ0v) is 11.6. The third kappa shape index (κ3) is 5.18. The Bertz CT molecular complexity index is 418. The zero-order valence-electron chi connectivity index (χ0n) is 11.6. The van der Waals surface area contributed by atoms with Gasteiger partial charge in [-0.25, -0.2) is 0 Å². The van der Waals surface area contributed by atoms with Crippen molar-refractivity contribution in [3.05, 3.63) is 23.8 Å². The third-order valence-electron chi connectivity index (χ3n) is 2.68. The minimum Gasteiger partial charge on any atom is -0.493 e. The van der Waals surface area contributed by atoms with Crippen LogP contribution in [0.4, 0.5) is 0 Å². The molecule has 0 bridgehead atoms. The van der Waals surface area contributed by atoms with Crippen LogP contribution in [-0.2, 0) is 11.2 Å². The molecule has 0 aromatic heterocycles. The van der Waals surface area contributed by atoms with Gasteiger partial charge in [-0.05, 0) is 31.0 Å². The summed E-state index contributed by atoms with van der Waals surface area (Å²) in [5.74, 6) is 1.25. The molecule has 0 radical (unpaired) electrons. The standard InChI is InChI=1S/C14H21NO4/c1-10(16)9-15-14(17)7-5-11-4-6-12(18-2)13(8-11)19-3/h4,6,8,10,16H,5,7,9H2,1-3H3,(H,15,17). The maximum atomic E-state index is 11.5.